The first-order chi connectivity index (χ1) is 13.9. The molecule has 0 unspecified atom stereocenters. The molecular weight excluding hydrogens is 460 g/mol. The number of sulfonamides is 1. The predicted molar refractivity (Wildman–Crippen MR) is 110 cm³/mol. The average molecular weight is 477 g/mol. The molecule has 1 aliphatic heterocycles. The highest BCUT2D eigenvalue weighted by Gasteiger charge is 2.31. The van der Waals surface area contributed by atoms with E-state index >= 15 is 0 Å². The Hall–Kier alpha value is -2.56. The summed E-state index contributed by atoms with van der Waals surface area (Å²) in [4.78, 5) is 31.3. The third kappa shape index (κ3) is 3.70. The van der Waals surface area contributed by atoms with Gasteiger partial charge in [-0.05, 0) is 36.4 Å². The molecule has 0 N–H and O–H groups in total. The van der Waals surface area contributed by atoms with Crippen LogP contribution in [0.15, 0.2) is 69.0 Å². The van der Waals surface area contributed by atoms with E-state index in [9.17, 15) is 18.0 Å². The number of aromatic nitrogens is 2. The third-order valence-electron chi connectivity index (χ3n) is 4.82. The van der Waals surface area contributed by atoms with Crippen molar-refractivity contribution in [2.45, 2.75) is 4.90 Å². The monoisotopic (exact) mass is 476 g/mol. The normalized spacial score (nSPS) is 15.6. The van der Waals surface area contributed by atoms with E-state index in [1.165, 1.54) is 19.8 Å². The van der Waals surface area contributed by atoms with E-state index in [1.54, 1.807) is 48.7 Å². The van der Waals surface area contributed by atoms with Crippen LogP contribution in [0.3, 0.4) is 0 Å². The summed E-state index contributed by atoms with van der Waals surface area (Å²) in [6, 6.07) is 11.6. The molecule has 29 heavy (non-hydrogen) atoms. The first kappa shape index (κ1) is 19.7. The fourth-order valence-electron chi connectivity index (χ4n) is 3.23. The maximum absolute atomic E-state index is 12.8. The fraction of sp³-hybridized carbons (Fsp3) is 0.211. The predicted octanol–water partition coefficient (Wildman–Crippen LogP) is 1.60. The summed E-state index contributed by atoms with van der Waals surface area (Å²) in [5, 5.41) is 0. The van der Waals surface area contributed by atoms with Crippen LogP contribution < -0.4 is 5.56 Å². The summed E-state index contributed by atoms with van der Waals surface area (Å²) < 4.78 is 29.0. The molecule has 150 valence electrons. The zero-order valence-electron chi connectivity index (χ0n) is 15.2. The number of pyridine rings is 1. The van der Waals surface area contributed by atoms with Gasteiger partial charge < -0.3 is 4.90 Å². The van der Waals surface area contributed by atoms with Crippen molar-refractivity contribution in [1.29, 1.82) is 0 Å². The Morgan fingerprint density at radius 3 is 2.38 bits per heavy atom. The van der Waals surface area contributed by atoms with E-state index in [-0.39, 0.29) is 36.6 Å². The van der Waals surface area contributed by atoms with Gasteiger partial charge in [0.05, 0.1) is 4.90 Å². The van der Waals surface area contributed by atoms with Gasteiger partial charge in [0.2, 0.25) is 10.0 Å². The van der Waals surface area contributed by atoms with Gasteiger partial charge in [0.25, 0.3) is 11.5 Å². The highest BCUT2D eigenvalue weighted by molar-refractivity contribution is 9.10. The van der Waals surface area contributed by atoms with E-state index in [1.807, 2.05) is 0 Å². The molecule has 4 rings (SSSR count). The molecule has 3 heterocycles. The molecule has 1 aliphatic rings. The molecule has 0 aliphatic carbocycles. The zero-order valence-corrected chi connectivity index (χ0v) is 17.6. The molecule has 1 amide bonds. The van der Waals surface area contributed by atoms with Crippen LogP contribution >= 0.6 is 15.9 Å². The second-order valence-corrected chi connectivity index (χ2v) is 9.41. The maximum atomic E-state index is 12.8. The Balaban J connectivity index is 1.51. The van der Waals surface area contributed by atoms with Gasteiger partial charge in [0.15, 0.2) is 0 Å². The molecule has 0 atom stereocenters. The van der Waals surface area contributed by atoms with Crippen LogP contribution in [0.2, 0.25) is 0 Å². The Morgan fingerprint density at radius 1 is 1.00 bits per heavy atom. The van der Waals surface area contributed by atoms with Crippen molar-refractivity contribution in [1.82, 2.24) is 18.6 Å². The van der Waals surface area contributed by atoms with Crippen molar-refractivity contribution in [3.05, 3.63) is 75.2 Å². The molecule has 1 fully saturated rings. The smallest absolute Gasteiger partial charge is 0.270 e. The Bertz CT molecular complexity index is 1230. The minimum atomic E-state index is -3.63. The number of hydrogen-bond acceptors (Lipinski definition) is 5. The van der Waals surface area contributed by atoms with Gasteiger partial charge in [0.1, 0.15) is 11.2 Å². The van der Waals surface area contributed by atoms with Crippen LogP contribution in [-0.2, 0) is 10.0 Å². The highest BCUT2D eigenvalue weighted by Crippen LogP contribution is 2.20. The van der Waals surface area contributed by atoms with Gasteiger partial charge in [-0.3, -0.25) is 14.0 Å². The number of rotatable bonds is 3. The zero-order chi connectivity index (χ0) is 20.6. The average Bonchev–Trinajstić information content (AvgIpc) is 2.74. The molecular formula is C19H17BrN4O4S. The lowest BCUT2D eigenvalue weighted by atomic mass is 10.2. The van der Waals surface area contributed by atoms with Crippen molar-refractivity contribution < 1.29 is 13.2 Å². The molecule has 0 radical (unpaired) electrons. The number of carbonyl (C=O) groups is 1. The largest absolute Gasteiger partial charge is 0.336 e. The van der Waals surface area contributed by atoms with Gasteiger partial charge in [-0.25, -0.2) is 13.4 Å². The maximum Gasteiger partial charge on any atom is 0.270 e. The van der Waals surface area contributed by atoms with Crippen LogP contribution in [0, 0.1) is 0 Å². The third-order valence-corrected chi connectivity index (χ3v) is 7.26. The van der Waals surface area contributed by atoms with Crippen molar-refractivity contribution in [3.63, 3.8) is 0 Å². The van der Waals surface area contributed by atoms with Gasteiger partial charge >= 0.3 is 0 Å². The van der Waals surface area contributed by atoms with E-state index in [0.717, 1.165) is 4.47 Å². The van der Waals surface area contributed by atoms with Gasteiger partial charge in [-0.2, -0.15) is 4.31 Å². The molecule has 0 spiro atoms. The van der Waals surface area contributed by atoms with Crippen LogP contribution in [0.25, 0.3) is 5.65 Å². The Kier molecular flexibility index (Phi) is 5.24. The van der Waals surface area contributed by atoms with Crippen LogP contribution in [-0.4, -0.2) is 59.1 Å². The van der Waals surface area contributed by atoms with Crippen molar-refractivity contribution >= 4 is 37.5 Å². The standard InChI is InChI=1S/C19H17BrN4O4S/c20-14-4-6-15(7-5-14)29(27,28)23-11-9-22(10-12-23)18(25)16-13-21-17-3-1-2-8-24(17)19(16)26/h1-8,13H,9-12H2. The van der Waals surface area contributed by atoms with Crippen molar-refractivity contribution in [2.75, 3.05) is 26.2 Å². The number of halogens is 1. The Labute approximate surface area is 175 Å². The Morgan fingerprint density at radius 2 is 1.69 bits per heavy atom. The summed E-state index contributed by atoms with van der Waals surface area (Å²) in [6.45, 7) is 0.718. The molecule has 10 heteroatoms. The number of nitrogens with zero attached hydrogens (tertiary/aromatic N) is 4. The van der Waals surface area contributed by atoms with Crippen LogP contribution in [0.4, 0.5) is 0 Å². The molecule has 0 bridgehead atoms. The summed E-state index contributed by atoms with van der Waals surface area (Å²) in [7, 11) is -3.63. The lowest BCUT2D eigenvalue weighted by Gasteiger charge is -2.33. The number of piperazine rings is 1. The first-order valence-corrected chi connectivity index (χ1v) is 11.1. The van der Waals surface area contributed by atoms with Gasteiger partial charge in [-0.15, -0.1) is 0 Å². The summed E-state index contributed by atoms with van der Waals surface area (Å²) in [6.07, 6.45) is 2.84. The molecule has 2 aromatic heterocycles. The lowest BCUT2D eigenvalue weighted by Crippen LogP contribution is -2.51. The van der Waals surface area contributed by atoms with E-state index in [4.69, 9.17) is 0 Å². The lowest BCUT2D eigenvalue weighted by molar-refractivity contribution is 0.0695. The first-order valence-electron chi connectivity index (χ1n) is 8.89. The summed E-state index contributed by atoms with van der Waals surface area (Å²) in [5.74, 6) is -0.443. The molecule has 0 saturated carbocycles. The van der Waals surface area contributed by atoms with Gasteiger partial charge in [-0.1, -0.05) is 22.0 Å². The highest BCUT2D eigenvalue weighted by atomic mass is 79.9. The topological polar surface area (TPSA) is 92.1 Å². The molecule has 8 nitrogen and oxygen atoms in total. The minimum Gasteiger partial charge on any atom is -0.336 e. The number of benzene rings is 1. The second-order valence-electron chi connectivity index (χ2n) is 6.56. The van der Waals surface area contributed by atoms with Crippen LogP contribution in [0.1, 0.15) is 10.4 Å². The second kappa shape index (κ2) is 7.69. The van der Waals surface area contributed by atoms with Crippen LogP contribution in [0.5, 0.6) is 0 Å². The summed E-state index contributed by atoms with van der Waals surface area (Å²) >= 11 is 3.29. The fourth-order valence-corrected chi connectivity index (χ4v) is 4.92. The quantitative estimate of drug-likeness (QED) is 0.572. The number of carbonyl (C=O) groups excluding carboxylic acids is 1. The SMILES string of the molecule is O=C(c1cnc2ccccn2c1=O)N1CCN(S(=O)(=O)c2ccc(Br)cc2)CC1. The minimum absolute atomic E-state index is 0.0297. The number of hydrogen-bond donors (Lipinski definition) is 0. The molecule has 1 saturated heterocycles. The van der Waals surface area contributed by atoms with E-state index in [0.29, 0.717) is 5.65 Å². The molecule has 3 aromatic rings. The summed E-state index contributed by atoms with van der Waals surface area (Å²) in [5.41, 5.74) is -0.0112. The molecule has 1 aromatic carbocycles. The van der Waals surface area contributed by atoms with Crippen molar-refractivity contribution in [3.8, 4) is 0 Å². The van der Waals surface area contributed by atoms with Gasteiger partial charge in [0, 0.05) is 43.0 Å². The van der Waals surface area contributed by atoms with E-state index < -0.39 is 21.5 Å². The van der Waals surface area contributed by atoms with E-state index in [2.05, 4.69) is 20.9 Å². The van der Waals surface area contributed by atoms with Crippen molar-refractivity contribution in [2.24, 2.45) is 0 Å². The number of amides is 1. The number of fused-ring (bicyclic) bond motifs is 1.